The highest BCUT2D eigenvalue weighted by Crippen LogP contribution is 2.34. The van der Waals surface area contributed by atoms with Gasteiger partial charge in [-0.3, -0.25) is 4.79 Å². The molecule has 134 valence electrons. The van der Waals surface area contributed by atoms with Crippen LogP contribution in [0.4, 0.5) is 0 Å². The van der Waals surface area contributed by atoms with Crippen molar-refractivity contribution in [3.63, 3.8) is 0 Å². The summed E-state index contributed by atoms with van der Waals surface area (Å²) in [6.07, 6.45) is 1.71. The molecule has 0 saturated heterocycles. The van der Waals surface area contributed by atoms with Gasteiger partial charge < -0.3 is 4.42 Å². The van der Waals surface area contributed by atoms with Crippen molar-refractivity contribution in [2.75, 3.05) is 0 Å². The molecule has 1 aliphatic rings. The van der Waals surface area contributed by atoms with Gasteiger partial charge in [0.1, 0.15) is 16.6 Å². The lowest BCUT2D eigenvalue weighted by Gasteiger charge is -2.00. The van der Waals surface area contributed by atoms with Crippen molar-refractivity contribution in [1.82, 2.24) is 0 Å². The SMILES string of the molecule is Cc1ccc(C2=NC(=O)/C(=C\c3ccc(-c4ccc(Cl)c(Cl)c4)o3)S2)cc1. The van der Waals surface area contributed by atoms with Crippen molar-refractivity contribution in [2.45, 2.75) is 6.92 Å². The van der Waals surface area contributed by atoms with Crippen LogP contribution < -0.4 is 0 Å². The standard InChI is InChI=1S/C21H13Cl2NO2S/c1-12-2-4-13(5-3-12)21-24-20(25)19(27-21)11-15-7-9-18(26-15)14-6-8-16(22)17(23)10-14/h2-11H,1H3/b19-11+. The minimum Gasteiger partial charge on any atom is -0.457 e. The first-order valence-corrected chi connectivity index (χ1v) is 9.72. The molecule has 0 aliphatic carbocycles. The second kappa shape index (κ2) is 7.39. The number of thioether (sulfide) groups is 1. The van der Waals surface area contributed by atoms with Crippen molar-refractivity contribution in [3.05, 3.63) is 86.4 Å². The molecule has 1 aliphatic heterocycles. The molecule has 0 unspecified atom stereocenters. The molecular weight excluding hydrogens is 401 g/mol. The third-order valence-corrected chi connectivity index (χ3v) is 5.80. The summed E-state index contributed by atoms with van der Waals surface area (Å²) in [5.41, 5.74) is 2.91. The van der Waals surface area contributed by atoms with Gasteiger partial charge in [-0.1, -0.05) is 64.8 Å². The van der Waals surface area contributed by atoms with Gasteiger partial charge >= 0.3 is 0 Å². The van der Waals surface area contributed by atoms with E-state index < -0.39 is 0 Å². The molecule has 0 atom stereocenters. The predicted molar refractivity (Wildman–Crippen MR) is 112 cm³/mol. The second-order valence-corrected chi connectivity index (χ2v) is 7.87. The van der Waals surface area contributed by atoms with Crippen LogP contribution in [0.15, 0.2) is 68.9 Å². The maximum atomic E-state index is 12.2. The molecule has 0 bridgehead atoms. The number of carbonyl (C=O) groups excluding carboxylic acids is 1. The normalized spacial score (nSPS) is 15.4. The van der Waals surface area contributed by atoms with Crippen molar-refractivity contribution in [3.8, 4) is 11.3 Å². The Morgan fingerprint density at radius 3 is 2.44 bits per heavy atom. The van der Waals surface area contributed by atoms with E-state index in [1.165, 1.54) is 11.8 Å². The van der Waals surface area contributed by atoms with Crippen LogP contribution in [0.1, 0.15) is 16.9 Å². The van der Waals surface area contributed by atoms with Crippen molar-refractivity contribution >= 4 is 52.0 Å². The highest BCUT2D eigenvalue weighted by molar-refractivity contribution is 8.19. The van der Waals surface area contributed by atoms with Gasteiger partial charge in [0.25, 0.3) is 5.91 Å². The Hall–Kier alpha value is -2.27. The number of carbonyl (C=O) groups is 1. The Morgan fingerprint density at radius 1 is 0.963 bits per heavy atom. The van der Waals surface area contributed by atoms with Gasteiger partial charge in [0.15, 0.2) is 0 Å². The van der Waals surface area contributed by atoms with Gasteiger partial charge in [0.05, 0.1) is 15.0 Å². The number of rotatable bonds is 3. The summed E-state index contributed by atoms with van der Waals surface area (Å²) in [6, 6.07) is 16.9. The largest absolute Gasteiger partial charge is 0.457 e. The lowest BCUT2D eigenvalue weighted by Crippen LogP contribution is -1.90. The molecule has 3 nitrogen and oxygen atoms in total. The van der Waals surface area contributed by atoms with E-state index in [0.29, 0.717) is 31.5 Å². The van der Waals surface area contributed by atoms with E-state index in [9.17, 15) is 4.79 Å². The predicted octanol–water partition coefficient (Wildman–Crippen LogP) is 6.62. The van der Waals surface area contributed by atoms with Crippen LogP contribution in [0.25, 0.3) is 17.4 Å². The first-order chi connectivity index (χ1) is 13.0. The molecule has 6 heteroatoms. The molecule has 3 aromatic rings. The Labute approximate surface area is 170 Å². The van der Waals surface area contributed by atoms with E-state index in [0.717, 1.165) is 16.7 Å². The van der Waals surface area contributed by atoms with Crippen molar-refractivity contribution < 1.29 is 9.21 Å². The first-order valence-electron chi connectivity index (χ1n) is 8.14. The molecule has 0 spiro atoms. The third kappa shape index (κ3) is 3.88. The fraction of sp³-hybridized carbons (Fsp3) is 0.0476. The molecular formula is C21H13Cl2NO2S. The minimum absolute atomic E-state index is 0.261. The monoisotopic (exact) mass is 413 g/mol. The van der Waals surface area contributed by atoms with Crippen LogP contribution >= 0.6 is 35.0 Å². The summed E-state index contributed by atoms with van der Waals surface area (Å²) in [5, 5.41) is 1.65. The van der Waals surface area contributed by atoms with Gasteiger partial charge in [-0.15, -0.1) is 0 Å². The zero-order valence-corrected chi connectivity index (χ0v) is 16.5. The molecule has 0 radical (unpaired) electrons. The molecule has 27 heavy (non-hydrogen) atoms. The quantitative estimate of drug-likeness (QED) is 0.452. The number of hydrogen-bond acceptors (Lipinski definition) is 3. The van der Waals surface area contributed by atoms with Gasteiger partial charge in [0.2, 0.25) is 0 Å². The van der Waals surface area contributed by atoms with Gasteiger partial charge in [-0.25, -0.2) is 4.99 Å². The summed E-state index contributed by atoms with van der Waals surface area (Å²) in [6.45, 7) is 2.02. The highest BCUT2D eigenvalue weighted by Gasteiger charge is 2.23. The maximum Gasteiger partial charge on any atom is 0.285 e. The van der Waals surface area contributed by atoms with Gasteiger partial charge in [-0.05, 0) is 37.3 Å². The summed E-state index contributed by atoms with van der Waals surface area (Å²) in [5.74, 6) is 0.964. The molecule has 0 fully saturated rings. The molecule has 2 heterocycles. The van der Waals surface area contributed by atoms with Crippen molar-refractivity contribution in [1.29, 1.82) is 0 Å². The van der Waals surface area contributed by atoms with Crippen LogP contribution in [0.3, 0.4) is 0 Å². The van der Waals surface area contributed by atoms with Gasteiger partial charge in [0, 0.05) is 17.2 Å². The number of aliphatic imine (C=N–C) groups is 1. The van der Waals surface area contributed by atoms with E-state index in [1.54, 1.807) is 18.2 Å². The molecule has 2 aromatic carbocycles. The van der Waals surface area contributed by atoms with E-state index >= 15 is 0 Å². The van der Waals surface area contributed by atoms with E-state index in [1.807, 2.05) is 49.4 Å². The first kappa shape index (κ1) is 18.1. The Kier molecular flexibility index (Phi) is 4.96. The van der Waals surface area contributed by atoms with Crippen LogP contribution in [0.5, 0.6) is 0 Å². The molecule has 4 rings (SSSR count). The average Bonchev–Trinajstić information content (AvgIpc) is 3.26. The smallest absolute Gasteiger partial charge is 0.285 e. The minimum atomic E-state index is -0.261. The van der Waals surface area contributed by atoms with Gasteiger partial charge in [-0.2, -0.15) is 0 Å². The lowest BCUT2D eigenvalue weighted by atomic mass is 10.2. The Morgan fingerprint density at radius 2 is 1.70 bits per heavy atom. The van der Waals surface area contributed by atoms with Crippen molar-refractivity contribution in [2.24, 2.45) is 4.99 Å². The molecule has 1 aromatic heterocycles. The number of nitrogens with zero attached hydrogens (tertiary/aromatic N) is 1. The summed E-state index contributed by atoms with van der Waals surface area (Å²) in [7, 11) is 0. The fourth-order valence-electron chi connectivity index (χ4n) is 2.59. The van der Waals surface area contributed by atoms with Crippen LogP contribution in [0.2, 0.25) is 10.0 Å². The fourth-order valence-corrected chi connectivity index (χ4v) is 3.79. The second-order valence-electron chi connectivity index (χ2n) is 6.03. The average molecular weight is 414 g/mol. The number of benzene rings is 2. The highest BCUT2D eigenvalue weighted by atomic mass is 35.5. The Balaban J connectivity index is 1.56. The zero-order chi connectivity index (χ0) is 19.0. The topological polar surface area (TPSA) is 42.6 Å². The summed E-state index contributed by atoms with van der Waals surface area (Å²) >= 11 is 13.4. The molecule has 0 saturated carbocycles. The third-order valence-electron chi connectivity index (χ3n) is 4.02. The summed E-state index contributed by atoms with van der Waals surface area (Å²) in [4.78, 5) is 16.9. The van der Waals surface area contributed by atoms with Crippen LogP contribution in [-0.4, -0.2) is 11.0 Å². The number of halogens is 2. The molecule has 0 N–H and O–H groups in total. The number of furan rings is 1. The number of amides is 1. The lowest BCUT2D eigenvalue weighted by molar-refractivity contribution is -0.113. The zero-order valence-electron chi connectivity index (χ0n) is 14.2. The van der Waals surface area contributed by atoms with Crippen LogP contribution in [-0.2, 0) is 4.79 Å². The van der Waals surface area contributed by atoms with E-state index in [2.05, 4.69) is 4.99 Å². The van der Waals surface area contributed by atoms with E-state index in [4.69, 9.17) is 27.6 Å². The summed E-state index contributed by atoms with van der Waals surface area (Å²) < 4.78 is 5.84. The number of aryl methyl sites for hydroxylation is 1. The van der Waals surface area contributed by atoms with E-state index in [-0.39, 0.29) is 5.91 Å². The molecule has 1 amide bonds. The maximum absolute atomic E-state index is 12.2. The number of hydrogen-bond donors (Lipinski definition) is 0. The van der Waals surface area contributed by atoms with Crippen LogP contribution in [0, 0.1) is 6.92 Å². The Bertz CT molecular complexity index is 1100.